The number of fused-ring (bicyclic) bond motifs is 2. The molecule has 3 heterocycles. The number of amides is 2. The number of benzene rings is 3. The lowest BCUT2D eigenvalue weighted by atomic mass is 10.1. The fraction of sp³-hybridized carbons (Fsp3) is 0.303. The van der Waals surface area contributed by atoms with Crippen molar-refractivity contribution in [1.82, 2.24) is 9.80 Å². The number of methoxy groups -OCH3 is 1. The molecular formula is C33H31ClN2O8. The predicted octanol–water partition coefficient (Wildman–Crippen LogP) is 5.03. The molecule has 11 heteroatoms. The van der Waals surface area contributed by atoms with Crippen LogP contribution in [0.25, 0.3) is 11.0 Å². The molecule has 44 heavy (non-hydrogen) atoms. The van der Waals surface area contributed by atoms with Gasteiger partial charge in [-0.25, -0.2) is 0 Å². The highest BCUT2D eigenvalue weighted by atomic mass is 35.5. The van der Waals surface area contributed by atoms with Gasteiger partial charge in [0.25, 0.3) is 5.91 Å². The van der Waals surface area contributed by atoms with Gasteiger partial charge in [-0.15, -0.1) is 0 Å². The maximum atomic E-state index is 14.1. The van der Waals surface area contributed by atoms with E-state index in [9.17, 15) is 14.4 Å². The molecule has 228 valence electrons. The Labute approximate surface area is 258 Å². The van der Waals surface area contributed by atoms with Gasteiger partial charge >= 0.3 is 0 Å². The number of ether oxygens (including phenoxy) is 4. The van der Waals surface area contributed by atoms with Gasteiger partial charge < -0.3 is 33.2 Å². The van der Waals surface area contributed by atoms with E-state index in [0.717, 1.165) is 18.4 Å². The summed E-state index contributed by atoms with van der Waals surface area (Å²) >= 11 is 6.16. The van der Waals surface area contributed by atoms with Crippen molar-refractivity contribution in [3.05, 3.63) is 98.9 Å². The van der Waals surface area contributed by atoms with E-state index in [-0.39, 0.29) is 61.9 Å². The first kappa shape index (κ1) is 29.5. The Hall–Kier alpha value is -4.54. The van der Waals surface area contributed by atoms with Gasteiger partial charge in [-0.2, -0.15) is 0 Å². The third-order valence-corrected chi connectivity index (χ3v) is 7.94. The molecule has 1 atom stereocenters. The molecule has 2 aliphatic rings. The smallest absolute Gasteiger partial charge is 0.254 e. The first-order valence-electron chi connectivity index (χ1n) is 14.3. The summed E-state index contributed by atoms with van der Waals surface area (Å²) in [7, 11) is 1.53. The highest BCUT2D eigenvalue weighted by Gasteiger charge is 2.28. The zero-order valence-corrected chi connectivity index (χ0v) is 24.9. The van der Waals surface area contributed by atoms with Gasteiger partial charge in [0.2, 0.25) is 12.7 Å². The highest BCUT2D eigenvalue weighted by molar-refractivity contribution is 6.31. The molecule has 0 saturated carbocycles. The van der Waals surface area contributed by atoms with Crippen LogP contribution in [0.4, 0.5) is 0 Å². The van der Waals surface area contributed by atoms with Crippen molar-refractivity contribution in [3.8, 4) is 17.2 Å². The number of hydrogen-bond donors (Lipinski definition) is 0. The molecule has 2 aliphatic heterocycles. The second kappa shape index (κ2) is 13.0. The fourth-order valence-corrected chi connectivity index (χ4v) is 5.58. The molecule has 0 radical (unpaired) electrons. The third kappa shape index (κ3) is 6.51. The van der Waals surface area contributed by atoms with Crippen LogP contribution >= 0.6 is 11.6 Å². The maximum absolute atomic E-state index is 14.1. The van der Waals surface area contributed by atoms with Crippen molar-refractivity contribution >= 4 is 34.4 Å². The number of carbonyl (C=O) groups excluding carboxylic acids is 2. The minimum absolute atomic E-state index is 0.0564. The maximum Gasteiger partial charge on any atom is 0.254 e. The Morgan fingerprint density at radius 3 is 2.68 bits per heavy atom. The molecule has 1 fully saturated rings. The monoisotopic (exact) mass is 618 g/mol. The molecule has 0 aliphatic carbocycles. The molecule has 2 amide bonds. The van der Waals surface area contributed by atoms with Crippen LogP contribution in [0.3, 0.4) is 0 Å². The van der Waals surface area contributed by atoms with Gasteiger partial charge in [-0.1, -0.05) is 23.7 Å². The van der Waals surface area contributed by atoms with Crippen LogP contribution in [0.2, 0.25) is 5.02 Å². The lowest BCUT2D eigenvalue weighted by Crippen LogP contribution is -2.45. The van der Waals surface area contributed by atoms with Crippen LogP contribution in [0.1, 0.15) is 34.3 Å². The topological polar surface area (TPSA) is 108 Å². The molecule has 6 rings (SSSR count). The number of rotatable bonds is 10. The Balaban J connectivity index is 1.31. The predicted molar refractivity (Wildman–Crippen MR) is 162 cm³/mol. The average Bonchev–Trinajstić information content (AvgIpc) is 3.73. The summed E-state index contributed by atoms with van der Waals surface area (Å²) in [6, 6.07) is 17.1. The van der Waals surface area contributed by atoms with Crippen molar-refractivity contribution in [2.75, 3.05) is 33.6 Å². The Morgan fingerprint density at radius 2 is 1.86 bits per heavy atom. The number of hydrogen-bond acceptors (Lipinski definition) is 8. The molecule has 0 bridgehead atoms. The van der Waals surface area contributed by atoms with E-state index in [2.05, 4.69) is 0 Å². The van der Waals surface area contributed by atoms with Crippen LogP contribution in [0.15, 0.2) is 76.1 Å². The van der Waals surface area contributed by atoms with E-state index in [1.165, 1.54) is 23.2 Å². The summed E-state index contributed by atoms with van der Waals surface area (Å²) in [5.74, 6) is 1.04. The molecule has 1 unspecified atom stereocenters. The lowest BCUT2D eigenvalue weighted by Gasteiger charge is -2.29. The summed E-state index contributed by atoms with van der Waals surface area (Å²) < 4.78 is 27.8. The summed E-state index contributed by atoms with van der Waals surface area (Å²) in [6.07, 6.45) is 2.86. The van der Waals surface area contributed by atoms with Crippen LogP contribution in [-0.4, -0.2) is 61.3 Å². The van der Waals surface area contributed by atoms with E-state index in [0.29, 0.717) is 45.4 Å². The summed E-state index contributed by atoms with van der Waals surface area (Å²) in [5, 5.41) is 0.717. The Kier molecular flexibility index (Phi) is 8.72. The zero-order chi connectivity index (χ0) is 30.6. The molecule has 1 saturated heterocycles. The second-order valence-electron chi connectivity index (χ2n) is 10.7. The second-order valence-corrected chi connectivity index (χ2v) is 11.2. The molecule has 10 nitrogen and oxygen atoms in total. The van der Waals surface area contributed by atoms with Crippen molar-refractivity contribution in [3.63, 3.8) is 0 Å². The lowest BCUT2D eigenvalue weighted by molar-refractivity contribution is -0.133. The molecule has 3 aromatic carbocycles. The van der Waals surface area contributed by atoms with Gasteiger partial charge in [0, 0.05) is 30.3 Å². The van der Waals surface area contributed by atoms with Crippen molar-refractivity contribution in [2.24, 2.45) is 0 Å². The van der Waals surface area contributed by atoms with E-state index < -0.39 is 0 Å². The normalized spacial score (nSPS) is 15.4. The number of halogens is 1. The first-order chi connectivity index (χ1) is 21.4. The average molecular weight is 619 g/mol. The summed E-state index contributed by atoms with van der Waals surface area (Å²) in [5.41, 5.74) is 1.54. The van der Waals surface area contributed by atoms with Gasteiger partial charge in [0.1, 0.15) is 17.9 Å². The van der Waals surface area contributed by atoms with Crippen LogP contribution in [0.5, 0.6) is 17.2 Å². The van der Waals surface area contributed by atoms with Crippen LogP contribution < -0.4 is 19.6 Å². The van der Waals surface area contributed by atoms with E-state index >= 15 is 0 Å². The largest absolute Gasteiger partial charge is 0.497 e. The number of nitrogens with zero attached hydrogens (tertiary/aromatic N) is 2. The summed E-state index contributed by atoms with van der Waals surface area (Å²) in [4.78, 5) is 44.4. The van der Waals surface area contributed by atoms with Crippen molar-refractivity contribution < 1.29 is 33.0 Å². The minimum atomic E-state index is -0.359. The quantitative estimate of drug-likeness (QED) is 0.243. The van der Waals surface area contributed by atoms with E-state index in [4.69, 9.17) is 35.0 Å². The Bertz CT molecular complexity index is 1750. The first-order valence-corrected chi connectivity index (χ1v) is 14.7. The Morgan fingerprint density at radius 1 is 1.00 bits per heavy atom. The number of carbonyl (C=O) groups is 2. The van der Waals surface area contributed by atoms with Gasteiger partial charge in [-0.05, 0) is 66.9 Å². The van der Waals surface area contributed by atoms with Crippen LogP contribution in [-0.2, 0) is 22.6 Å². The highest BCUT2D eigenvalue weighted by Crippen LogP contribution is 2.33. The molecule has 4 aromatic rings. The van der Waals surface area contributed by atoms with Crippen molar-refractivity contribution in [2.45, 2.75) is 32.0 Å². The molecule has 0 spiro atoms. The molecular weight excluding hydrogens is 588 g/mol. The SMILES string of the molecule is COc1cccc(C(=O)N(CC(=O)N(Cc2ccc3c(c2)OCO3)Cc2coc3ccc(Cl)cc3c2=O)CC2CCCO2)c1. The molecule has 1 aromatic heterocycles. The third-order valence-electron chi connectivity index (χ3n) is 7.71. The minimum Gasteiger partial charge on any atom is -0.497 e. The van der Waals surface area contributed by atoms with Gasteiger partial charge in [0.15, 0.2) is 16.9 Å². The van der Waals surface area contributed by atoms with Gasteiger partial charge in [0.05, 0.1) is 37.0 Å². The summed E-state index contributed by atoms with van der Waals surface area (Å²) in [6.45, 7) is 0.828. The van der Waals surface area contributed by atoms with Gasteiger partial charge in [-0.3, -0.25) is 14.4 Å². The van der Waals surface area contributed by atoms with E-state index in [1.54, 1.807) is 54.6 Å². The van der Waals surface area contributed by atoms with E-state index in [1.807, 2.05) is 6.07 Å². The zero-order valence-electron chi connectivity index (χ0n) is 24.1. The van der Waals surface area contributed by atoms with Crippen molar-refractivity contribution in [1.29, 1.82) is 0 Å². The van der Waals surface area contributed by atoms with Crippen LogP contribution in [0, 0.1) is 0 Å². The molecule has 0 N–H and O–H groups in total. The standard InChI is InChI=1S/C33H31ClN2O8/c1-40-25-5-2-4-22(13-25)33(39)36(17-26-6-3-11-41-26)18-31(37)35(15-21-7-9-29-30(12-21)44-20-43-29)16-23-19-42-28-10-8-24(34)14-27(28)32(23)38/h2,4-5,7-10,12-14,19,26H,3,6,11,15-18,20H2,1H3. The fourth-order valence-electron chi connectivity index (χ4n) is 5.41.